The standard InChI is InChI=1S/C24H24FN3O5S/c25-19-8-6-18(7-9-19)24(30)28-12-10-17(11-13-28)23(29)27-20-3-1-5-22(15-20)34(31,32)26-16-21-4-2-14-33-21/h1-9,14-15,17,26H,10-13,16H2,(H,27,29). The van der Waals surface area contributed by atoms with Gasteiger partial charge in [0, 0.05) is 30.3 Å². The molecule has 0 bridgehead atoms. The number of likely N-dealkylation sites (tertiary alicyclic amines) is 1. The van der Waals surface area contributed by atoms with E-state index in [2.05, 4.69) is 10.0 Å². The minimum atomic E-state index is -3.79. The van der Waals surface area contributed by atoms with Gasteiger partial charge in [-0.2, -0.15) is 0 Å². The predicted octanol–water partition coefficient (Wildman–Crippen LogP) is 3.39. The summed E-state index contributed by atoms with van der Waals surface area (Å²) in [6.07, 6.45) is 2.41. The van der Waals surface area contributed by atoms with E-state index >= 15 is 0 Å². The summed E-state index contributed by atoms with van der Waals surface area (Å²) < 4.78 is 45.8. The van der Waals surface area contributed by atoms with Crippen LogP contribution in [0.3, 0.4) is 0 Å². The average molecular weight is 486 g/mol. The topological polar surface area (TPSA) is 109 Å². The molecule has 2 amide bonds. The number of piperidine rings is 1. The summed E-state index contributed by atoms with van der Waals surface area (Å²) in [6.45, 7) is 0.819. The quantitative estimate of drug-likeness (QED) is 0.533. The van der Waals surface area contributed by atoms with Gasteiger partial charge >= 0.3 is 0 Å². The highest BCUT2D eigenvalue weighted by atomic mass is 32.2. The molecule has 0 unspecified atom stereocenters. The zero-order valence-electron chi connectivity index (χ0n) is 18.2. The van der Waals surface area contributed by atoms with E-state index in [1.807, 2.05) is 0 Å². The zero-order chi connectivity index (χ0) is 24.1. The summed E-state index contributed by atoms with van der Waals surface area (Å²) in [4.78, 5) is 27.0. The van der Waals surface area contributed by atoms with E-state index in [-0.39, 0.29) is 29.2 Å². The van der Waals surface area contributed by atoms with E-state index in [9.17, 15) is 22.4 Å². The molecule has 0 saturated carbocycles. The molecule has 2 heterocycles. The molecule has 4 rings (SSSR count). The van der Waals surface area contributed by atoms with Crippen molar-refractivity contribution in [2.24, 2.45) is 5.92 Å². The van der Waals surface area contributed by atoms with Crippen LogP contribution in [0.1, 0.15) is 29.0 Å². The number of hydrogen-bond donors (Lipinski definition) is 2. The van der Waals surface area contributed by atoms with Crippen molar-refractivity contribution in [3.05, 3.63) is 84.1 Å². The van der Waals surface area contributed by atoms with E-state index in [0.717, 1.165) is 0 Å². The average Bonchev–Trinajstić information content (AvgIpc) is 3.37. The molecule has 0 aliphatic carbocycles. The van der Waals surface area contributed by atoms with Crippen LogP contribution in [0.25, 0.3) is 0 Å². The van der Waals surface area contributed by atoms with Crippen LogP contribution >= 0.6 is 0 Å². The van der Waals surface area contributed by atoms with Crippen molar-refractivity contribution in [1.29, 1.82) is 0 Å². The summed E-state index contributed by atoms with van der Waals surface area (Å²) in [6, 6.07) is 14.7. The molecule has 1 fully saturated rings. The molecule has 1 aromatic heterocycles. The number of sulfonamides is 1. The largest absolute Gasteiger partial charge is 0.468 e. The molecule has 2 N–H and O–H groups in total. The lowest BCUT2D eigenvalue weighted by atomic mass is 9.95. The number of furan rings is 1. The second kappa shape index (κ2) is 10.2. The monoisotopic (exact) mass is 485 g/mol. The van der Waals surface area contributed by atoms with E-state index in [4.69, 9.17) is 4.42 Å². The second-order valence-corrected chi connectivity index (χ2v) is 9.76. The lowest BCUT2D eigenvalue weighted by molar-refractivity contribution is -0.121. The molecule has 8 nitrogen and oxygen atoms in total. The number of nitrogens with zero attached hydrogens (tertiary/aromatic N) is 1. The second-order valence-electron chi connectivity index (χ2n) is 7.99. The zero-order valence-corrected chi connectivity index (χ0v) is 19.1. The first-order valence-electron chi connectivity index (χ1n) is 10.8. The maximum absolute atomic E-state index is 13.1. The van der Waals surface area contributed by atoms with E-state index in [1.54, 1.807) is 29.2 Å². The van der Waals surface area contributed by atoms with Crippen molar-refractivity contribution < 1.29 is 26.8 Å². The third-order valence-corrected chi connectivity index (χ3v) is 7.07. The molecular weight excluding hydrogens is 461 g/mol. The van der Waals surface area contributed by atoms with E-state index < -0.39 is 15.8 Å². The molecule has 34 heavy (non-hydrogen) atoms. The summed E-state index contributed by atoms with van der Waals surface area (Å²) in [7, 11) is -3.79. The van der Waals surface area contributed by atoms with Crippen LogP contribution in [0.2, 0.25) is 0 Å². The highest BCUT2D eigenvalue weighted by molar-refractivity contribution is 7.89. The van der Waals surface area contributed by atoms with Gasteiger partial charge in [-0.25, -0.2) is 17.5 Å². The first-order valence-corrected chi connectivity index (χ1v) is 12.3. The van der Waals surface area contributed by atoms with Crippen LogP contribution in [-0.4, -0.2) is 38.2 Å². The lowest BCUT2D eigenvalue weighted by Crippen LogP contribution is -2.41. The van der Waals surface area contributed by atoms with Crippen molar-refractivity contribution >= 4 is 27.5 Å². The van der Waals surface area contributed by atoms with Gasteiger partial charge in [0.1, 0.15) is 11.6 Å². The van der Waals surface area contributed by atoms with Gasteiger partial charge in [-0.05, 0) is 67.4 Å². The van der Waals surface area contributed by atoms with Crippen molar-refractivity contribution in [2.75, 3.05) is 18.4 Å². The van der Waals surface area contributed by atoms with Gasteiger partial charge in [-0.1, -0.05) is 6.07 Å². The number of amides is 2. The Balaban J connectivity index is 1.32. The molecule has 0 radical (unpaired) electrons. The first kappa shape index (κ1) is 23.7. The Morgan fingerprint density at radius 3 is 2.44 bits per heavy atom. The third-order valence-electron chi connectivity index (χ3n) is 5.67. The Labute approximate surface area is 196 Å². The molecular formula is C24H24FN3O5S. The highest BCUT2D eigenvalue weighted by Crippen LogP contribution is 2.22. The lowest BCUT2D eigenvalue weighted by Gasteiger charge is -2.31. The Hall–Kier alpha value is -3.50. The number of nitrogens with one attached hydrogen (secondary N) is 2. The van der Waals surface area contributed by atoms with E-state index in [0.29, 0.717) is 42.9 Å². The molecule has 2 aromatic carbocycles. The van der Waals surface area contributed by atoms with Crippen molar-refractivity contribution in [3.63, 3.8) is 0 Å². The molecule has 10 heteroatoms. The number of halogens is 1. The SMILES string of the molecule is O=C(Nc1cccc(S(=O)(=O)NCc2ccco2)c1)C1CCN(C(=O)c2ccc(F)cc2)CC1. The Morgan fingerprint density at radius 2 is 1.76 bits per heavy atom. The van der Waals surface area contributed by atoms with Crippen LogP contribution in [-0.2, 0) is 21.4 Å². The fraction of sp³-hybridized carbons (Fsp3) is 0.250. The summed E-state index contributed by atoms with van der Waals surface area (Å²) in [5, 5.41) is 2.78. The van der Waals surface area contributed by atoms with Gasteiger partial charge in [0.15, 0.2) is 0 Å². The van der Waals surface area contributed by atoms with Crippen LogP contribution in [0.5, 0.6) is 0 Å². The van der Waals surface area contributed by atoms with Crippen molar-refractivity contribution in [3.8, 4) is 0 Å². The normalized spacial score (nSPS) is 14.7. The number of carbonyl (C=O) groups is 2. The van der Waals surface area contributed by atoms with Gasteiger partial charge in [0.05, 0.1) is 17.7 Å². The molecule has 3 aromatic rings. The van der Waals surface area contributed by atoms with Gasteiger partial charge in [0.25, 0.3) is 5.91 Å². The number of hydrogen-bond acceptors (Lipinski definition) is 5. The summed E-state index contributed by atoms with van der Waals surface area (Å²) in [5.74, 6) is -0.658. The fourth-order valence-corrected chi connectivity index (χ4v) is 4.81. The smallest absolute Gasteiger partial charge is 0.253 e. The Bertz CT molecular complexity index is 1250. The predicted molar refractivity (Wildman–Crippen MR) is 123 cm³/mol. The molecule has 1 saturated heterocycles. The Morgan fingerprint density at radius 1 is 1.03 bits per heavy atom. The molecule has 1 aliphatic rings. The molecule has 1 aliphatic heterocycles. The van der Waals surface area contributed by atoms with Crippen LogP contribution < -0.4 is 10.0 Å². The number of anilines is 1. The highest BCUT2D eigenvalue weighted by Gasteiger charge is 2.28. The number of rotatable bonds is 7. The Kier molecular flexibility index (Phi) is 7.09. The van der Waals surface area contributed by atoms with Gasteiger partial charge in [0.2, 0.25) is 15.9 Å². The van der Waals surface area contributed by atoms with Gasteiger partial charge < -0.3 is 14.6 Å². The van der Waals surface area contributed by atoms with Crippen LogP contribution in [0, 0.1) is 11.7 Å². The molecule has 0 spiro atoms. The minimum absolute atomic E-state index is 0.0150. The van der Waals surface area contributed by atoms with Gasteiger partial charge in [-0.3, -0.25) is 9.59 Å². The van der Waals surface area contributed by atoms with Gasteiger partial charge in [-0.15, -0.1) is 0 Å². The molecule has 178 valence electrons. The summed E-state index contributed by atoms with van der Waals surface area (Å²) >= 11 is 0. The van der Waals surface area contributed by atoms with Crippen LogP contribution in [0.4, 0.5) is 10.1 Å². The number of benzene rings is 2. The first-order chi connectivity index (χ1) is 16.3. The third kappa shape index (κ3) is 5.70. The fourth-order valence-electron chi connectivity index (χ4n) is 3.77. The maximum atomic E-state index is 13.1. The summed E-state index contributed by atoms with van der Waals surface area (Å²) in [5.41, 5.74) is 0.777. The molecule has 0 atom stereocenters. The van der Waals surface area contributed by atoms with Crippen molar-refractivity contribution in [2.45, 2.75) is 24.3 Å². The van der Waals surface area contributed by atoms with Crippen molar-refractivity contribution in [1.82, 2.24) is 9.62 Å². The minimum Gasteiger partial charge on any atom is -0.468 e. The van der Waals surface area contributed by atoms with E-state index in [1.165, 1.54) is 42.7 Å². The maximum Gasteiger partial charge on any atom is 0.253 e. The van der Waals surface area contributed by atoms with Crippen LogP contribution in [0.15, 0.2) is 76.2 Å². The number of carbonyl (C=O) groups excluding carboxylic acids is 2.